The molecule has 2 aliphatic rings. The lowest BCUT2D eigenvalue weighted by Gasteiger charge is -2.52. The number of hydrogen-bond donors (Lipinski definition) is 1. The molecule has 27 heavy (non-hydrogen) atoms. The van der Waals surface area contributed by atoms with Gasteiger partial charge in [-0.05, 0) is 82.7 Å². The second-order valence-electron chi connectivity index (χ2n) is 9.16. The van der Waals surface area contributed by atoms with Crippen LogP contribution in [0.15, 0.2) is 12.1 Å². The Morgan fingerprint density at radius 2 is 1.74 bits per heavy atom. The van der Waals surface area contributed by atoms with E-state index in [4.69, 9.17) is 4.74 Å². The minimum Gasteiger partial charge on any atom is -0.444 e. The highest BCUT2D eigenvalue weighted by Gasteiger charge is 2.49. The fraction of sp³-hybridized carbons (Fsp3) is 0.636. The van der Waals surface area contributed by atoms with E-state index in [0.29, 0.717) is 18.4 Å². The number of nitrogens with zero attached hydrogens (tertiary/aromatic N) is 2. The first-order chi connectivity index (χ1) is 12.5. The Labute approximate surface area is 161 Å². The smallest absolute Gasteiger partial charge is 0.410 e. The highest BCUT2D eigenvalue weighted by atomic mass is 16.6. The maximum absolute atomic E-state index is 12.8. The minimum atomic E-state index is -0.976. The maximum Gasteiger partial charge on any atom is 0.410 e. The third-order valence-electron chi connectivity index (χ3n) is 5.74. The molecule has 2 bridgehead atoms. The van der Waals surface area contributed by atoms with Gasteiger partial charge in [-0.25, -0.2) is 4.79 Å². The molecule has 2 atom stereocenters. The van der Waals surface area contributed by atoms with Gasteiger partial charge in [0.05, 0.1) is 17.2 Å². The summed E-state index contributed by atoms with van der Waals surface area (Å²) < 4.78 is 5.63. The van der Waals surface area contributed by atoms with Crippen LogP contribution in [0.4, 0.5) is 4.79 Å². The quantitative estimate of drug-likeness (QED) is 0.799. The summed E-state index contributed by atoms with van der Waals surface area (Å²) in [5.74, 6) is 0. The molecule has 2 fully saturated rings. The fourth-order valence-corrected chi connectivity index (χ4v) is 5.01. The van der Waals surface area contributed by atoms with Gasteiger partial charge in [-0.2, -0.15) is 5.26 Å². The predicted octanol–water partition coefficient (Wildman–Crippen LogP) is 4.31. The van der Waals surface area contributed by atoms with E-state index < -0.39 is 11.2 Å². The van der Waals surface area contributed by atoms with Crippen LogP contribution < -0.4 is 0 Å². The van der Waals surface area contributed by atoms with Crippen LogP contribution >= 0.6 is 0 Å². The van der Waals surface area contributed by atoms with Crippen molar-refractivity contribution < 1.29 is 14.6 Å². The van der Waals surface area contributed by atoms with E-state index in [1.165, 1.54) is 0 Å². The van der Waals surface area contributed by atoms with E-state index in [1.54, 1.807) is 0 Å². The van der Waals surface area contributed by atoms with Gasteiger partial charge in [0, 0.05) is 24.9 Å². The zero-order valence-electron chi connectivity index (χ0n) is 17.0. The standard InChI is InChI=1S/C22H30N2O3/c1-14-9-16(13-23)10-15(2)19(14)22(26)11-17-7-6-8-18(12-22)24(17)20(25)27-21(3,4)5/h9-10,17-18,26H,6-8,11-12H2,1-5H3. The zero-order chi connectivity index (χ0) is 20.0. The van der Waals surface area contributed by atoms with Crippen LogP contribution in [0.25, 0.3) is 0 Å². The average molecular weight is 370 g/mol. The number of aliphatic hydroxyl groups is 1. The molecular formula is C22H30N2O3. The topological polar surface area (TPSA) is 73.6 Å². The number of hydrogen-bond acceptors (Lipinski definition) is 4. The molecule has 2 saturated heterocycles. The first kappa shape index (κ1) is 19.7. The summed E-state index contributed by atoms with van der Waals surface area (Å²) in [6.45, 7) is 9.55. The van der Waals surface area contributed by atoms with Crippen molar-refractivity contribution in [3.05, 3.63) is 34.4 Å². The molecule has 0 spiro atoms. The summed E-state index contributed by atoms with van der Waals surface area (Å²) in [5, 5.41) is 20.8. The lowest BCUT2D eigenvalue weighted by atomic mass is 9.70. The van der Waals surface area contributed by atoms with Gasteiger partial charge in [0.15, 0.2) is 0 Å². The fourth-order valence-electron chi connectivity index (χ4n) is 5.01. The van der Waals surface area contributed by atoms with Crippen LogP contribution in [0.2, 0.25) is 0 Å². The molecule has 1 amide bonds. The van der Waals surface area contributed by atoms with Crippen LogP contribution in [-0.4, -0.2) is 33.8 Å². The molecule has 0 saturated carbocycles. The van der Waals surface area contributed by atoms with Gasteiger partial charge in [-0.3, -0.25) is 0 Å². The van der Waals surface area contributed by atoms with Crippen LogP contribution in [0.3, 0.4) is 0 Å². The molecule has 1 N–H and O–H groups in total. The van der Waals surface area contributed by atoms with Crippen LogP contribution in [-0.2, 0) is 10.3 Å². The minimum absolute atomic E-state index is 0.0215. The van der Waals surface area contributed by atoms with Gasteiger partial charge in [0.2, 0.25) is 0 Å². The largest absolute Gasteiger partial charge is 0.444 e. The van der Waals surface area contributed by atoms with Crippen LogP contribution in [0.5, 0.6) is 0 Å². The van der Waals surface area contributed by atoms with E-state index >= 15 is 0 Å². The van der Waals surface area contributed by atoms with Crippen molar-refractivity contribution in [2.24, 2.45) is 0 Å². The SMILES string of the molecule is Cc1cc(C#N)cc(C)c1C1(O)CC2CCCC(C1)N2C(=O)OC(C)(C)C. The van der Waals surface area contributed by atoms with Crippen molar-refractivity contribution >= 4 is 6.09 Å². The predicted molar refractivity (Wildman–Crippen MR) is 103 cm³/mol. The zero-order valence-corrected chi connectivity index (χ0v) is 17.0. The number of carbonyl (C=O) groups is 1. The summed E-state index contributed by atoms with van der Waals surface area (Å²) in [7, 11) is 0. The van der Waals surface area contributed by atoms with E-state index in [1.807, 2.05) is 51.7 Å². The number of benzene rings is 1. The molecule has 0 aromatic heterocycles. The second-order valence-corrected chi connectivity index (χ2v) is 9.16. The van der Waals surface area contributed by atoms with E-state index in [-0.39, 0.29) is 18.2 Å². The Kier molecular flexibility index (Phi) is 4.98. The first-order valence-electron chi connectivity index (χ1n) is 9.79. The lowest BCUT2D eigenvalue weighted by Crippen LogP contribution is -2.59. The molecule has 3 rings (SSSR count). The van der Waals surface area contributed by atoms with Gasteiger partial charge in [-0.1, -0.05) is 0 Å². The van der Waals surface area contributed by atoms with E-state index in [2.05, 4.69) is 6.07 Å². The Balaban J connectivity index is 1.92. The van der Waals surface area contributed by atoms with Crippen LogP contribution in [0, 0.1) is 25.2 Å². The second kappa shape index (κ2) is 6.83. The maximum atomic E-state index is 12.8. The Bertz CT molecular complexity index is 751. The normalized spacial score (nSPS) is 27.8. The number of ether oxygens (including phenoxy) is 1. The monoisotopic (exact) mass is 370 g/mol. The molecule has 5 heteroatoms. The summed E-state index contributed by atoms with van der Waals surface area (Å²) in [6, 6.07) is 5.83. The summed E-state index contributed by atoms with van der Waals surface area (Å²) in [5.41, 5.74) is 1.91. The molecule has 5 nitrogen and oxygen atoms in total. The third-order valence-corrected chi connectivity index (χ3v) is 5.74. The van der Waals surface area contributed by atoms with Crippen molar-refractivity contribution in [2.75, 3.05) is 0 Å². The molecule has 0 aliphatic carbocycles. The van der Waals surface area contributed by atoms with Crippen molar-refractivity contribution in [3.63, 3.8) is 0 Å². The highest BCUT2D eigenvalue weighted by molar-refractivity contribution is 5.69. The van der Waals surface area contributed by atoms with Crippen molar-refractivity contribution in [2.45, 2.75) is 90.0 Å². The van der Waals surface area contributed by atoms with Gasteiger partial charge in [0.25, 0.3) is 0 Å². The molecule has 146 valence electrons. The molecule has 2 unspecified atom stereocenters. The summed E-state index contributed by atoms with van der Waals surface area (Å²) in [4.78, 5) is 14.7. The number of nitriles is 1. The van der Waals surface area contributed by atoms with Gasteiger partial charge in [-0.15, -0.1) is 0 Å². The van der Waals surface area contributed by atoms with Gasteiger partial charge in [0.1, 0.15) is 5.60 Å². The van der Waals surface area contributed by atoms with E-state index in [0.717, 1.165) is 36.0 Å². The average Bonchev–Trinajstić information content (AvgIpc) is 2.51. The van der Waals surface area contributed by atoms with E-state index in [9.17, 15) is 15.2 Å². The lowest BCUT2D eigenvalue weighted by molar-refractivity contribution is -0.0970. The number of rotatable bonds is 1. The number of amides is 1. The first-order valence-corrected chi connectivity index (χ1v) is 9.79. The molecule has 1 aromatic carbocycles. The molecule has 2 aliphatic heterocycles. The van der Waals surface area contributed by atoms with Crippen LogP contribution in [0.1, 0.15) is 75.1 Å². The highest BCUT2D eigenvalue weighted by Crippen LogP contribution is 2.46. The number of carbonyl (C=O) groups excluding carboxylic acids is 1. The summed E-state index contributed by atoms with van der Waals surface area (Å²) in [6.07, 6.45) is 3.58. The Hall–Kier alpha value is -2.06. The number of fused-ring (bicyclic) bond motifs is 2. The van der Waals surface area contributed by atoms with Crippen molar-refractivity contribution in [1.29, 1.82) is 5.26 Å². The summed E-state index contributed by atoms with van der Waals surface area (Å²) >= 11 is 0. The molecule has 0 radical (unpaired) electrons. The Morgan fingerprint density at radius 1 is 1.22 bits per heavy atom. The number of aryl methyl sites for hydroxylation is 2. The van der Waals surface area contributed by atoms with Gasteiger partial charge < -0.3 is 14.7 Å². The molecule has 2 heterocycles. The number of piperidine rings is 2. The van der Waals surface area contributed by atoms with Gasteiger partial charge >= 0.3 is 6.09 Å². The molecule has 1 aromatic rings. The van der Waals surface area contributed by atoms with Crippen molar-refractivity contribution in [1.82, 2.24) is 4.90 Å². The Morgan fingerprint density at radius 3 is 2.19 bits per heavy atom. The third kappa shape index (κ3) is 3.82. The molecular weight excluding hydrogens is 340 g/mol. The van der Waals surface area contributed by atoms with Crippen molar-refractivity contribution in [3.8, 4) is 6.07 Å².